The lowest BCUT2D eigenvalue weighted by molar-refractivity contribution is 1.31. The number of aliphatic imine (C=N–C) groups is 2. The molecule has 2 nitrogen and oxygen atoms in total. The summed E-state index contributed by atoms with van der Waals surface area (Å²) >= 11 is 6.04. The van der Waals surface area contributed by atoms with E-state index in [1.807, 2.05) is 42.5 Å². The Morgan fingerprint density at radius 2 is 1.61 bits per heavy atom. The maximum atomic E-state index is 6.04. The van der Waals surface area contributed by atoms with Crippen LogP contribution in [-0.2, 0) is 0 Å². The summed E-state index contributed by atoms with van der Waals surface area (Å²) in [5.74, 6) is 0. The molecule has 0 aliphatic carbocycles. The molecule has 88 valence electrons. The first-order chi connectivity index (χ1) is 8.84. The third kappa shape index (κ3) is 2.07. The second kappa shape index (κ2) is 4.75. The number of hydrogen-bond donors (Lipinski definition) is 0. The highest BCUT2D eigenvalue weighted by molar-refractivity contribution is 6.66. The van der Waals surface area contributed by atoms with Gasteiger partial charge in [-0.25, -0.2) is 4.99 Å². The van der Waals surface area contributed by atoms with Gasteiger partial charge in [-0.2, -0.15) is 0 Å². The van der Waals surface area contributed by atoms with E-state index in [9.17, 15) is 0 Å². The van der Waals surface area contributed by atoms with Gasteiger partial charge in [0.05, 0.1) is 17.9 Å². The van der Waals surface area contributed by atoms with E-state index in [1.165, 1.54) is 0 Å². The fourth-order valence-electron chi connectivity index (χ4n) is 2.01. The molecule has 0 spiro atoms. The number of halogens is 1. The minimum atomic E-state index is 0.431. The maximum Gasteiger partial charge on any atom is 0.128 e. The Hall–Kier alpha value is -1.93. The van der Waals surface area contributed by atoms with Gasteiger partial charge in [0, 0.05) is 11.1 Å². The summed E-state index contributed by atoms with van der Waals surface area (Å²) in [5.41, 5.74) is 3.94. The van der Waals surface area contributed by atoms with Gasteiger partial charge in [0.1, 0.15) is 5.17 Å². The number of rotatable bonds is 1. The van der Waals surface area contributed by atoms with Gasteiger partial charge in [0.25, 0.3) is 0 Å². The summed E-state index contributed by atoms with van der Waals surface area (Å²) in [6, 6.07) is 18.1. The van der Waals surface area contributed by atoms with Crippen molar-refractivity contribution >= 4 is 28.2 Å². The van der Waals surface area contributed by atoms with Crippen molar-refractivity contribution in [1.29, 1.82) is 0 Å². The summed E-state index contributed by atoms with van der Waals surface area (Å²) in [4.78, 5) is 8.95. The van der Waals surface area contributed by atoms with E-state index in [0.717, 1.165) is 22.5 Å². The molecule has 0 amide bonds. The van der Waals surface area contributed by atoms with Crippen molar-refractivity contribution < 1.29 is 0 Å². The highest BCUT2D eigenvalue weighted by Gasteiger charge is 2.14. The lowest BCUT2D eigenvalue weighted by Gasteiger charge is -2.07. The summed E-state index contributed by atoms with van der Waals surface area (Å²) in [6.45, 7) is 0.431. The number of benzene rings is 2. The van der Waals surface area contributed by atoms with Gasteiger partial charge in [0.15, 0.2) is 0 Å². The van der Waals surface area contributed by atoms with Gasteiger partial charge < -0.3 is 0 Å². The van der Waals surface area contributed by atoms with Crippen LogP contribution in [-0.4, -0.2) is 17.4 Å². The predicted octanol–water partition coefficient (Wildman–Crippen LogP) is 3.81. The fraction of sp³-hybridized carbons (Fsp3) is 0.0667. The van der Waals surface area contributed by atoms with Crippen molar-refractivity contribution in [2.24, 2.45) is 9.98 Å². The highest BCUT2D eigenvalue weighted by atomic mass is 35.5. The van der Waals surface area contributed by atoms with Crippen LogP contribution in [0.1, 0.15) is 11.1 Å². The van der Waals surface area contributed by atoms with Gasteiger partial charge in [-0.15, -0.1) is 0 Å². The molecule has 0 N–H and O–H groups in total. The van der Waals surface area contributed by atoms with E-state index < -0.39 is 0 Å². The molecule has 1 aliphatic heterocycles. The molecule has 0 aromatic heterocycles. The van der Waals surface area contributed by atoms with Crippen LogP contribution in [0.3, 0.4) is 0 Å². The molecule has 18 heavy (non-hydrogen) atoms. The van der Waals surface area contributed by atoms with E-state index in [-0.39, 0.29) is 0 Å². The molecule has 1 aliphatic rings. The first kappa shape index (κ1) is 11.2. The standard InChI is InChI=1S/C15H11ClN2/c16-14-10-17-15(11-6-2-1-3-7-11)12-8-4-5-9-13(12)18-14/h1-9H,10H2. The molecule has 2 aromatic carbocycles. The van der Waals surface area contributed by atoms with Crippen molar-refractivity contribution in [3.8, 4) is 0 Å². The van der Waals surface area contributed by atoms with Crippen LogP contribution in [0.15, 0.2) is 64.6 Å². The van der Waals surface area contributed by atoms with Gasteiger partial charge in [-0.3, -0.25) is 4.99 Å². The topological polar surface area (TPSA) is 24.7 Å². The number of nitrogens with zero attached hydrogens (tertiary/aromatic N) is 2. The van der Waals surface area contributed by atoms with Gasteiger partial charge >= 0.3 is 0 Å². The molecule has 0 unspecified atom stereocenters. The molecule has 0 radical (unpaired) electrons. The SMILES string of the molecule is ClC1=Nc2ccccc2C(c2ccccc2)=NC1. The first-order valence-electron chi connectivity index (χ1n) is 5.77. The Labute approximate surface area is 111 Å². The second-order valence-corrected chi connectivity index (χ2v) is 4.47. The van der Waals surface area contributed by atoms with E-state index in [4.69, 9.17) is 11.6 Å². The Morgan fingerprint density at radius 3 is 2.44 bits per heavy atom. The van der Waals surface area contributed by atoms with Crippen molar-refractivity contribution in [2.45, 2.75) is 0 Å². The van der Waals surface area contributed by atoms with Crippen molar-refractivity contribution in [3.63, 3.8) is 0 Å². The average molecular weight is 255 g/mol. The number of para-hydroxylation sites is 1. The predicted molar refractivity (Wildman–Crippen MR) is 76.3 cm³/mol. The molecule has 0 fully saturated rings. The van der Waals surface area contributed by atoms with E-state index in [2.05, 4.69) is 22.1 Å². The van der Waals surface area contributed by atoms with Crippen LogP contribution in [0, 0.1) is 0 Å². The highest BCUT2D eigenvalue weighted by Crippen LogP contribution is 2.25. The molecular formula is C15H11ClN2. The third-order valence-electron chi connectivity index (χ3n) is 2.82. The maximum absolute atomic E-state index is 6.04. The zero-order valence-corrected chi connectivity index (χ0v) is 10.4. The van der Waals surface area contributed by atoms with E-state index in [0.29, 0.717) is 11.7 Å². The third-order valence-corrected chi connectivity index (χ3v) is 3.02. The minimum absolute atomic E-state index is 0.431. The minimum Gasteiger partial charge on any atom is -0.277 e. The van der Waals surface area contributed by atoms with Crippen LogP contribution in [0.2, 0.25) is 0 Å². The molecule has 3 rings (SSSR count). The summed E-state index contributed by atoms with van der Waals surface area (Å²) < 4.78 is 0. The first-order valence-corrected chi connectivity index (χ1v) is 6.15. The van der Waals surface area contributed by atoms with Crippen LogP contribution in [0.25, 0.3) is 0 Å². The molecule has 0 saturated heterocycles. The zero-order valence-electron chi connectivity index (χ0n) is 9.68. The Balaban J connectivity index is 2.19. The molecule has 1 heterocycles. The van der Waals surface area contributed by atoms with Crippen LogP contribution < -0.4 is 0 Å². The molecular weight excluding hydrogens is 244 g/mol. The molecule has 2 aromatic rings. The Morgan fingerprint density at radius 1 is 0.889 bits per heavy atom. The zero-order chi connectivity index (χ0) is 12.4. The van der Waals surface area contributed by atoms with Crippen molar-refractivity contribution in [2.75, 3.05) is 6.54 Å². The lowest BCUT2D eigenvalue weighted by Crippen LogP contribution is -2.04. The lowest BCUT2D eigenvalue weighted by atomic mass is 10.0. The van der Waals surface area contributed by atoms with Crippen molar-refractivity contribution in [1.82, 2.24) is 0 Å². The van der Waals surface area contributed by atoms with Crippen LogP contribution in [0.4, 0.5) is 5.69 Å². The van der Waals surface area contributed by atoms with Crippen LogP contribution in [0.5, 0.6) is 0 Å². The normalized spacial score (nSPS) is 14.3. The largest absolute Gasteiger partial charge is 0.277 e. The summed E-state index contributed by atoms with van der Waals surface area (Å²) in [6.07, 6.45) is 0. The van der Waals surface area contributed by atoms with E-state index in [1.54, 1.807) is 0 Å². The smallest absolute Gasteiger partial charge is 0.128 e. The summed E-state index contributed by atoms with van der Waals surface area (Å²) in [5, 5.41) is 0.522. The average Bonchev–Trinajstić information content (AvgIpc) is 2.58. The molecule has 3 heteroatoms. The quantitative estimate of drug-likeness (QED) is 0.739. The fourth-order valence-corrected chi connectivity index (χ4v) is 2.16. The van der Waals surface area contributed by atoms with Gasteiger partial charge in [0.2, 0.25) is 0 Å². The molecule has 0 saturated carbocycles. The second-order valence-electron chi connectivity index (χ2n) is 4.04. The van der Waals surface area contributed by atoms with Gasteiger partial charge in [-0.1, -0.05) is 60.1 Å². The molecule has 0 atom stereocenters. The number of hydrogen-bond acceptors (Lipinski definition) is 2. The summed E-state index contributed by atoms with van der Waals surface area (Å²) in [7, 11) is 0. The monoisotopic (exact) mass is 254 g/mol. The van der Waals surface area contributed by atoms with E-state index >= 15 is 0 Å². The molecule has 0 bridgehead atoms. The number of fused-ring (bicyclic) bond motifs is 1. The van der Waals surface area contributed by atoms with Crippen LogP contribution >= 0.6 is 11.6 Å². The van der Waals surface area contributed by atoms with Gasteiger partial charge in [-0.05, 0) is 6.07 Å². The Kier molecular flexibility index (Phi) is 2.95. The Bertz CT molecular complexity index is 630. The van der Waals surface area contributed by atoms with Crippen molar-refractivity contribution in [3.05, 3.63) is 65.7 Å².